The van der Waals surface area contributed by atoms with Crippen LogP contribution >= 0.6 is 0 Å². The first-order valence-corrected chi connectivity index (χ1v) is 9.01. The fraction of sp³-hybridized carbons (Fsp3) is 0. The second kappa shape index (κ2) is 9.70. The Bertz CT molecular complexity index is 1090. The normalized spacial score (nSPS) is 11.3. The van der Waals surface area contributed by atoms with Crippen molar-refractivity contribution < 1.29 is 19.8 Å². The molecule has 3 rings (SSSR count). The Hall–Kier alpha value is -4.39. The van der Waals surface area contributed by atoms with Crippen LogP contribution in [0.25, 0.3) is 6.08 Å². The first-order valence-electron chi connectivity index (χ1n) is 9.01. The van der Waals surface area contributed by atoms with Crippen molar-refractivity contribution in [3.8, 4) is 11.5 Å². The summed E-state index contributed by atoms with van der Waals surface area (Å²) in [5.74, 6) is -1.36. The molecule has 0 aliphatic heterocycles. The van der Waals surface area contributed by atoms with Crippen molar-refractivity contribution in [2.45, 2.75) is 0 Å². The molecular formula is C23H19N3O4. The predicted octanol–water partition coefficient (Wildman–Crippen LogP) is 3.02. The molecule has 0 aromatic heterocycles. The predicted molar refractivity (Wildman–Crippen MR) is 114 cm³/mol. The van der Waals surface area contributed by atoms with E-state index < -0.39 is 11.8 Å². The molecular weight excluding hydrogens is 382 g/mol. The van der Waals surface area contributed by atoms with E-state index in [9.17, 15) is 19.8 Å². The van der Waals surface area contributed by atoms with E-state index >= 15 is 0 Å². The second-order valence-corrected chi connectivity index (χ2v) is 6.23. The van der Waals surface area contributed by atoms with Gasteiger partial charge in [0.15, 0.2) is 0 Å². The molecule has 7 heteroatoms. The Kier molecular flexibility index (Phi) is 6.58. The molecule has 0 unspecified atom stereocenters. The number of aromatic hydroxyl groups is 2. The molecule has 4 N–H and O–H groups in total. The number of nitrogens with one attached hydrogen (secondary N) is 2. The van der Waals surface area contributed by atoms with Gasteiger partial charge in [0, 0.05) is 17.2 Å². The molecule has 2 amide bonds. The van der Waals surface area contributed by atoms with Gasteiger partial charge in [0.25, 0.3) is 11.8 Å². The van der Waals surface area contributed by atoms with Gasteiger partial charge in [-0.05, 0) is 35.9 Å². The van der Waals surface area contributed by atoms with Crippen LogP contribution in [0.2, 0.25) is 0 Å². The van der Waals surface area contributed by atoms with Crippen molar-refractivity contribution in [3.63, 3.8) is 0 Å². The van der Waals surface area contributed by atoms with E-state index in [0.29, 0.717) is 11.1 Å². The molecule has 3 aromatic carbocycles. The minimum Gasteiger partial charge on any atom is -0.508 e. The number of rotatable bonds is 6. The van der Waals surface area contributed by atoms with Gasteiger partial charge in [0.2, 0.25) is 0 Å². The number of carbonyl (C=O) groups excluding carboxylic acids is 2. The molecule has 0 radical (unpaired) electrons. The van der Waals surface area contributed by atoms with Gasteiger partial charge in [-0.3, -0.25) is 9.59 Å². The summed E-state index contributed by atoms with van der Waals surface area (Å²) >= 11 is 0. The molecule has 0 saturated heterocycles. The van der Waals surface area contributed by atoms with Gasteiger partial charge in [-0.15, -0.1) is 0 Å². The molecule has 30 heavy (non-hydrogen) atoms. The second-order valence-electron chi connectivity index (χ2n) is 6.23. The van der Waals surface area contributed by atoms with Crippen molar-refractivity contribution in [3.05, 3.63) is 101 Å². The molecule has 7 nitrogen and oxygen atoms in total. The van der Waals surface area contributed by atoms with Crippen molar-refractivity contribution in [1.29, 1.82) is 0 Å². The van der Waals surface area contributed by atoms with E-state index in [1.807, 2.05) is 18.2 Å². The van der Waals surface area contributed by atoms with Crippen LogP contribution in [0, 0.1) is 0 Å². The Labute approximate surface area is 173 Å². The third-order valence-corrected chi connectivity index (χ3v) is 4.02. The number of hydrogen-bond donors (Lipinski definition) is 4. The Morgan fingerprint density at radius 1 is 0.867 bits per heavy atom. The Balaban J connectivity index is 1.78. The highest BCUT2D eigenvalue weighted by Crippen LogP contribution is 2.20. The highest BCUT2D eigenvalue weighted by molar-refractivity contribution is 6.05. The fourth-order valence-electron chi connectivity index (χ4n) is 2.52. The van der Waals surface area contributed by atoms with Crippen LogP contribution in [0.3, 0.4) is 0 Å². The third-order valence-electron chi connectivity index (χ3n) is 4.02. The zero-order valence-corrected chi connectivity index (χ0v) is 15.8. The first kappa shape index (κ1) is 20.3. The first-order chi connectivity index (χ1) is 14.5. The van der Waals surface area contributed by atoms with Crippen molar-refractivity contribution in [1.82, 2.24) is 10.7 Å². The lowest BCUT2D eigenvalue weighted by Crippen LogP contribution is -2.32. The number of hydrogen-bond acceptors (Lipinski definition) is 5. The summed E-state index contributed by atoms with van der Waals surface area (Å²) in [6.07, 6.45) is 2.76. The number of benzene rings is 3. The topological polar surface area (TPSA) is 111 Å². The monoisotopic (exact) mass is 401 g/mol. The lowest BCUT2D eigenvalue weighted by atomic mass is 10.1. The average Bonchev–Trinajstić information content (AvgIpc) is 2.76. The maximum absolute atomic E-state index is 12.6. The van der Waals surface area contributed by atoms with Gasteiger partial charge in [0.1, 0.15) is 17.2 Å². The minimum atomic E-state index is -0.641. The van der Waals surface area contributed by atoms with Gasteiger partial charge in [-0.1, -0.05) is 48.5 Å². The zero-order valence-electron chi connectivity index (χ0n) is 15.8. The molecule has 0 saturated carbocycles. The molecule has 0 fully saturated rings. The molecule has 0 atom stereocenters. The molecule has 0 aliphatic carbocycles. The van der Waals surface area contributed by atoms with Gasteiger partial charge in [-0.25, -0.2) is 5.43 Å². The smallest absolute Gasteiger partial charge is 0.287 e. The lowest BCUT2D eigenvalue weighted by Gasteiger charge is -2.09. The maximum atomic E-state index is 12.6. The highest BCUT2D eigenvalue weighted by atomic mass is 16.3. The largest absolute Gasteiger partial charge is 0.508 e. The molecule has 0 spiro atoms. The maximum Gasteiger partial charge on any atom is 0.287 e. The van der Waals surface area contributed by atoms with Crippen LogP contribution in [0.4, 0.5) is 0 Å². The summed E-state index contributed by atoms with van der Waals surface area (Å²) in [7, 11) is 0. The quantitative estimate of drug-likeness (QED) is 0.289. The van der Waals surface area contributed by atoms with Crippen molar-refractivity contribution in [2.24, 2.45) is 5.10 Å². The molecule has 0 bridgehead atoms. The number of hydrazone groups is 1. The molecule has 0 aliphatic rings. The van der Waals surface area contributed by atoms with E-state index in [1.165, 1.54) is 24.4 Å². The van der Waals surface area contributed by atoms with Gasteiger partial charge in [-0.2, -0.15) is 5.10 Å². The van der Waals surface area contributed by atoms with Crippen LogP contribution in [0.15, 0.2) is 89.7 Å². The van der Waals surface area contributed by atoms with Crippen LogP contribution in [-0.2, 0) is 4.79 Å². The Morgan fingerprint density at radius 3 is 2.20 bits per heavy atom. The standard InChI is InChI=1S/C23H19N3O4/c27-19-12-11-18(21(28)14-19)15-24-26-23(30)20(13-16-7-3-1-4-8-16)25-22(29)17-9-5-2-6-10-17/h1-15,27-28H,(H,25,29)(H,26,30). The summed E-state index contributed by atoms with van der Waals surface area (Å²) in [6.45, 7) is 0. The van der Waals surface area contributed by atoms with Crippen LogP contribution < -0.4 is 10.7 Å². The highest BCUT2D eigenvalue weighted by Gasteiger charge is 2.14. The number of phenols is 2. The SMILES string of the molecule is O=C(NN=Cc1ccc(O)cc1O)C(=Cc1ccccc1)NC(=O)c1ccccc1. The minimum absolute atomic E-state index is 0.00197. The van der Waals surface area contributed by atoms with E-state index in [1.54, 1.807) is 42.5 Å². The van der Waals surface area contributed by atoms with Gasteiger partial charge >= 0.3 is 0 Å². The van der Waals surface area contributed by atoms with Crippen LogP contribution in [0.1, 0.15) is 21.5 Å². The molecule has 150 valence electrons. The number of amides is 2. The van der Waals surface area contributed by atoms with E-state index in [2.05, 4.69) is 15.8 Å². The fourth-order valence-corrected chi connectivity index (χ4v) is 2.52. The Morgan fingerprint density at radius 2 is 1.53 bits per heavy atom. The zero-order chi connectivity index (χ0) is 21.3. The average molecular weight is 401 g/mol. The molecule has 0 heterocycles. The van der Waals surface area contributed by atoms with Crippen LogP contribution in [0.5, 0.6) is 11.5 Å². The number of carbonyl (C=O) groups is 2. The van der Waals surface area contributed by atoms with E-state index in [4.69, 9.17) is 0 Å². The molecule has 3 aromatic rings. The summed E-state index contributed by atoms with van der Waals surface area (Å²) < 4.78 is 0. The number of phenolic OH excluding ortho intramolecular Hbond substituents is 2. The van der Waals surface area contributed by atoms with Crippen LogP contribution in [-0.4, -0.2) is 28.2 Å². The number of nitrogens with zero attached hydrogens (tertiary/aromatic N) is 1. The van der Waals surface area contributed by atoms with Crippen molar-refractivity contribution >= 4 is 24.1 Å². The summed E-state index contributed by atoms with van der Waals surface area (Å²) in [6, 6.07) is 21.5. The summed E-state index contributed by atoms with van der Waals surface area (Å²) in [4.78, 5) is 25.1. The lowest BCUT2D eigenvalue weighted by molar-refractivity contribution is -0.117. The van der Waals surface area contributed by atoms with E-state index in [0.717, 1.165) is 11.6 Å². The van der Waals surface area contributed by atoms with Gasteiger partial charge < -0.3 is 15.5 Å². The van der Waals surface area contributed by atoms with Gasteiger partial charge in [0.05, 0.1) is 6.21 Å². The van der Waals surface area contributed by atoms with Crippen molar-refractivity contribution in [2.75, 3.05) is 0 Å². The summed E-state index contributed by atoms with van der Waals surface area (Å²) in [5, 5.41) is 25.5. The van der Waals surface area contributed by atoms with E-state index in [-0.39, 0.29) is 17.2 Å². The summed E-state index contributed by atoms with van der Waals surface area (Å²) in [5.41, 5.74) is 3.75. The third kappa shape index (κ3) is 5.56.